The Balaban J connectivity index is 1.32. The maximum absolute atomic E-state index is 15.5. The van der Waals surface area contributed by atoms with E-state index in [1.807, 2.05) is 54.6 Å². The normalized spacial score (nSPS) is 22.8. The number of anilines is 1. The van der Waals surface area contributed by atoms with Gasteiger partial charge < -0.3 is 24.9 Å². The summed E-state index contributed by atoms with van der Waals surface area (Å²) < 4.78 is 45.2. The number of nitrogens with zero attached hydrogens (tertiary/aromatic N) is 1. The third-order valence-corrected chi connectivity index (χ3v) is 20.8. The highest BCUT2D eigenvalue weighted by molar-refractivity contribution is 7.92. The first-order valence-corrected chi connectivity index (χ1v) is 24.7. The molecule has 7 rings (SSSR count). The smallest absolute Gasteiger partial charge is 0.261 e. The Labute approximate surface area is 356 Å². The Morgan fingerprint density at radius 3 is 2.27 bits per heavy atom. The van der Waals surface area contributed by atoms with Crippen LogP contribution in [0.25, 0.3) is 0 Å². The summed E-state index contributed by atoms with van der Waals surface area (Å²) in [6, 6.07) is 31.3. The Bertz CT molecular complexity index is 2240. The fraction of sp³-hybridized carbons (Fsp3) is 0.396. The number of carbonyl (C=O) groups is 1. The van der Waals surface area contributed by atoms with E-state index in [4.69, 9.17) is 26.5 Å². The lowest BCUT2D eigenvalue weighted by atomic mass is 9.68. The van der Waals surface area contributed by atoms with Crippen molar-refractivity contribution in [3.8, 4) is 5.75 Å². The van der Waals surface area contributed by atoms with Gasteiger partial charge >= 0.3 is 0 Å². The maximum Gasteiger partial charge on any atom is 0.261 e. The van der Waals surface area contributed by atoms with Gasteiger partial charge in [0.25, 0.3) is 8.32 Å². The number of primary amides is 1. The van der Waals surface area contributed by atoms with E-state index in [-0.39, 0.29) is 35.8 Å². The zero-order chi connectivity index (χ0) is 42.2. The molecule has 4 aromatic carbocycles. The SMILES string of the molecule is C=CC[C@H](O)[C@@H]1CC[C@H]1CN1CC2(COc3ccc(C(N)=O)cc31)c1ccc(Cl)cc1CCC2S(=O)(=O)C[C@H](C=C)O[Si](c1ccccc1)(c1ccccc1)C(C)(C)C. The molecule has 1 spiro atoms. The fourth-order valence-electron chi connectivity index (χ4n) is 10.1. The van der Waals surface area contributed by atoms with Crippen molar-refractivity contribution in [1.82, 2.24) is 0 Å². The van der Waals surface area contributed by atoms with Gasteiger partial charge in [0.1, 0.15) is 12.4 Å². The van der Waals surface area contributed by atoms with Crippen molar-refractivity contribution in [3.05, 3.63) is 144 Å². The van der Waals surface area contributed by atoms with Crippen molar-refractivity contribution >= 4 is 51.7 Å². The Morgan fingerprint density at radius 2 is 1.69 bits per heavy atom. The molecule has 2 aliphatic carbocycles. The van der Waals surface area contributed by atoms with Crippen LogP contribution in [0.3, 0.4) is 0 Å². The van der Waals surface area contributed by atoms with Crippen LogP contribution in [0.2, 0.25) is 10.1 Å². The summed E-state index contributed by atoms with van der Waals surface area (Å²) in [4.78, 5) is 14.7. The van der Waals surface area contributed by atoms with Crippen LogP contribution in [-0.4, -0.2) is 70.7 Å². The summed E-state index contributed by atoms with van der Waals surface area (Å²) in [7, 11) is -7.13. The molecular formula is C48H57ClN2O6SSi. The van der Waals surface area contributed by atoms with Crippen LogP contribution < -0.4 is 25.7 Å². The highest BCUT2D eigenvalue weighted by Crippen LogP contribution is 2.49. The zero-order valence-electron chi connectivity index (χ0n) is 34.4. The average Bonchev–Trinajstić information content (AvgIpc) is 3.35. The van der Waals surface area contributed by atoms with E-state index in [0.29, 0.717) is 47.8 Å². The van der Waals surface area contributed by atoms with E-state index >= 15 is 8.42 Å². The molecule has 1 saturated carbocycles. The quantitative estimate of drug-likeness (QED) is 0.100. The van der Waals surface area contributed by atoms with Gasteiger partial charge in [-0.15, -0.1) is 13.2 Å². The topological polar surface area (TPSA) is 119 Å². The second-order valence-electron chi connectivity index (χ2n) is 17.7. The maximum atomic E-state index is 15.5. The van der Waals surface area contributed by atoms with E-state index in [1.54, 1.807) is 30.4 Å². The predicted octanol–water partition coefficient (Wildman–Crippen LogP) is 7.40. The summed E-state index contributed by atoms with van der Waals surface area (Å²) in [5.74, 6) is -0.110. The number of carbonyl (C=O) groups excluding carboxylic acids is 1. The largest absolute Gasteiger partial charge is 0.490 e. The van der Waals surface area contributed by atoms with Crippen molar-refractivity contribution in [2.75, 3.05) is 30.3 Å². The lowest BCUT2D eigenvalue weighted by Gasteiger charge is -2.48. The van der Waals surface area contributed by atoms with Gasteiger partial charge in [0, 0.05) is 23.7 Å². The van der Waals surface area contributed by atoms with Gasteiger partial charge in [-0.25, -0.2) is 8.42 Å². The van der Waals surface area contributed by atoms with Crippen molar-refractivity contribution in [1.29, 1.82) is 0 Å². The van der Waals surface area contributed by atoms with Gasteiger partial charge in [0.15, 0.2) is 9.84 Å². The molecule has 0 aromatic heterocycles. The van der Waals surface area contributed by atoms with E-state index in [1.165, 1.54) is 0 Å². The fourth-order valence-corrected chi connectivity index (χ4v) is 17.4. The highest BCUT2D eigenvalue weighted by Gasteiger charge is 2.56. The third-order valence-electron chi connectivity index (χ3n) is 13.1. The molecule has 8 nitrogen and oxygen atoms in total. The van der Waals surface area contributed by atoms with Crippen molar-refractivity contribution in [2.45, 2.75) is 80.8 Å². The van der Waals surface area contributed by atoms with Gasteiger partial charge in [-0.2, -0.15) is 0 Å². The molecule has 0 saturated heterocycles. The van der Waals surface area contributed by atoms with Crippen LogP contribution in [0.1, 0.15) is 67.9 Å². The number of aryl methyl sites for hydroxylation is 1. The number of aliphatic hydroxyl groups excluding tert-OH is 1. The Kier molecular flexibility index (Phi) is 12.4. The summed E-state index contributed by atoms with van der Waals surface area (Å²) >= 11 is 6.61. The molecule has 11 heteroatoms. The summed E-state index contributed by atoms with van der Waals surface area (Å²) in [6.07, 6.45) is 5.20. The summed E-state index contributed by atoms with van der Waals surface area (Å²) in [5, 5.41) is 12.5. The van der Waals surface area contributed by atoms with Crippen molar-refractivity contribution in [2.24, 2.45) is 17.6 Å². The molecule has 1 aliphatic heterocycles. The molecule has 0 bridgehead atoms. The molecule has 312 valence electrons. The van der Waals surface area contributed by atoms with E-state index < -0.39 is 46.9 Å². The molecule has 3 N–H and O–H groups in total. The van der Waals surface area contributed by atoms with Crippen LogP contribution in [0, 0.1) is 11.8 Å². The molecule has 0 radical (unpaired) electrons. The van der Waals surface area contributed by atoms with Gasteiger partial charge in [-0.1, -0.05) is 111 Å². The highest BCUT2D eigenvalue weighted by atomic mass is 35.5. The van der Waals surface area contributed by atoms with E-state index in [2.05, 4.69) is 63.1 Å². The molecule has 2 unspecified atom stereocenters. The number of nitrogens with two attached hydrogens (primary N) is 1. The number of fused-ring (bicyclic) bond motifs is 3. The molecule has 1 fully saturated rings. The molecule has 6 atom stereocenters. The second kappa shape index (κ2) is 17.1. The van der Waals surface area contributed by atoms with Gasteiger partial charge in [0.05, 0.1) is 34.3 Å². The van der Waals surface area contributed by atoms with Crippen LogP contribution in [0.5, 0.6) is 5.75 Å². The minimum Gasteiger partial charge on any atom is -0.490 e. The van der Waals surface area contributed by atoms with Crippen LogP contribution in [-0.2, 0) is 26.1 Å². The monoisotopic (exact) mass is 852 g/mol. The molecule has 1 amide bonds. The average molecular weight is 854 g/mol. The number of halogens is 1. The minimum absolute atomic E-state index is 0.0554. The van der Waals surface area contributed by atoms with Crippen LogP contribution in [0.4, 0.5) is 5.69 Å². The van der Waals surface area contributed by atoms with Crippen LogP contribution >= 0.6 is 11.6 Å². The second-order valence-corrected chi connectivity index (χ2v) is 24.6. The number of hydrogen-bond donors (Lipinski definition) is 2. The zero-order valence-corrected chi connectivity index (χ0v) is 36.9. The first kappa shape index (κ1) is 42.9. The van der Waals surface area contributed by atoms with Crippen molar-refractivity contribution < 1.29 is 27.5 Å². The van der Waals surface area contributed by atoms with Gasteiger partial charge in [-0.05, 0) is 101 Å². The van der Waals surface area contributed by atoms with E-state index in [9.17, 15) is 9.90 Å². The van der Waals surface area contributed by atoms with Gasteiger partial charge in [0.2, 0.25) is 5.91 Å². The van der Waals surface area contributed by atoms with Gasteiger partial charge in [-0.3, -0.25) is 4.79 Å². The molecule has 4 aromatic rings. The lowest BCUT2D eigenvalue weighted by Crippen LogP contribution is -2.68. The number of aliphatic hydroxyl groups is 1. The van der Waals surface area contributed by atoms with Crippen molar-refractivity contribution in [3.63, 3.8) is 0 Å². The molecule has 3 aliphatic rings. The number of ether oxygens (including phenoxy) is 1. The summed E-state index contributed by atoms with van der Waals surface area (Å²) in [6.45, 7) is 15.4. The number of amides is 1. The third kappa shape index (κ3) is 8.19. The molecular weight excluding hydrogens is 796 g/mol. The number of benzene rings is 4. The Hall–Kier alpha value is -4.19. The Morgan fingerprint density at radius 1 is 1.02 bits per heavy atom. The summed E-state index contributed by atoms with van der Waals surface area (Å²) in [5.41, 5.74) is 7.65. The minimum atomic E-state index is -3.98. The number of hydrogen-bond acceptors (Lipinski definition) is 7. The molecule has 1 heterocycles. The number of rotatable bonds is 14. The molecule has 59 heavy (non-hydrogen) atoms. The lowest BCUT2D eigenvalue weighted by molar-refractivity contribution is 0.0178. The number of sulfone groups is 1. The standard InChI is InChI=1S/C48H57ClN2O6SSi/c1-6-14-43(52)40-23-19-35(40)29-51-31-48(32-56-44-25-20-34(46(50)53)28-42(44)51)41-24-22-36(49)27-33(41)21-26-45(48)58(54,55)30-37(7-2)57-59(47(3,4)5,38-15-10-8-11-16-38)39-17-12-9-13-18-39/h6-13,15-18,20,22,24-25,27-28,35,37,40,43,45,52H,1-2,14,19,21,23,26,29-32H2,3-5H3,(H2,50,53)/t35-,37-,40+,43-,45?,48?/m0/s1. The van der Waals surface area contributed by atoms with Crippen LogP contribution in [0.15, 0.2) is 122 Å². The van der Waals surface area contributed by atoms with E-state index in [0.717, 1.165) is 34.3 Å². The first-order valence-electron chi connectivity index (χ1n) is 20.7. The first-order chi connectivity index (χ1) is 28.1. The predicted molar refractivity (Wildman–Crippen MR) is 241 cm³/mol.